The highest BCUT2D eigenvalue weighted by Gasteiger charge is 2.33. The molecule has 0 spiro atoms. The average molecular weight is 410 g/mol. The van der Waals surface area contributed by atoms with Crippen LogP contribution in [-0.2, 0) is 0 Å². The summed E-state index contributed by atoms with van der Waals surface area (Å²) in [6.45, 7) is 4.43. The second-order valence-corrected chi connectivity index (χ2v) is 8.12. The molecule has 0 radical (unpaired) electrons. The first-order valence-electron chi connectivity index (χ1n) is 10.4. The molecule has 28 heavy (non-hydrogen) atoms. The maximum Gasteiger partial charge on any atom is 0.277 e. The number of nitrogens with one attached hydrogen (secondary N) is 1. The van der Waals surface area contributed by atoms with Gasteiger partial charge in [-0.15, -0.1) is 0 Å². The van der Waals surface area contributed by atoms with E-state index in [-0.39, 0.29) is 22.6 Å². The van der Waals surface area contributed by atoms with Crippen LogP contribution >= 0.6 is 11.6 Å². The summed E-state index contributed by atoms with van der Waals surface area (Å²) < 4.78 is 5.31. The molecule has 2 aliphatic rings. The quantitative estimate of drug-likeness (QED) is 0.743. The Morgan fingerprint density at radius 3 is 2.68 bits per heavy atom. The van der Waals surface area contributed by atoms with Crippen LogP contribution in [0.1, 0.15) is 62.4 Å². The van der Waals surface area contributed by atoms with Gasteiger partial charge in [-0.1, -0.05) is 30.9 Å². The summed E-state index contributed by atoms with van der Waals surface area (Å²) >= 11 is 6.21. The smallest absolute Gasteiger partial charge is 0.277 e. The molecule has 1 N–H and O–H groups in total. The zero-order chi connectivity index (χ0) is 20.1. The molecule has 1 aromatic heterocycles. The Labute approximate surface area is 172 Å². The number of carbonyl (C=O) groups is 1. The van der Waals surface area contributed by atoms with Crippen LogP contribution in [0.5, 0.6) is 5.88 Å². The molecule has 2 fully saturated rings. The highest BCUT2D eigenvalue weighted by molar-refractivity contribution is 6.31. The monoisotopic (exact) mass is 409 g/mol. The molecule has 3 rings (SSSR count). The summed E-state index contributed by atoms with van der Waals surface area (Å²) in [5.74, 6) is 0.428. The molecule has 1 aromatic rings. The van der Waals surface area contributed by atoms with E-state index in [2.05, 4.69) is 20.2 Å². The van der Waals surface area contributed by atoms with Crippen molar-refractivity contribution >= 4 is 23.3 Å². The Balaban J connectivity index is 1.71. The Morgan fingerprint density at radius 1 is 1.25 bits per heavy atom. The van der Waals surface area contributed by atoms with Crippen LogP contribution in [0.2, 0.25) is 5.15 Å². The first-order valence-corrected chi connectivity index (χ1v) is 10.8. The van der Waals surface area contributed by atoms with Crippen LogP contribution in [0.3, 0.4) is 0 Å². The first kappa shape index (κ1) is 21.1. The third-order valence-electron chi connectivity index (χ3n) is 5.86. The maximum absolute atomic E-state index is 13.1. The lowest BCUT2D eigenvalue weighted by Crippen LogP contribution is -2.46. The maximum atomic E-state index is 13.1. The van der Waals surface area contributed by atoms with E-state index < -0.39 is 0 Å². The van der Waals surface area contributed by atoms with Crippen LogP contribution in [0, 0.1) is 0 Å². The molecule has 1 saturated heterocycles. The second kappa shape index (κ2) is 9.74. The number of ether oxygens (including phenoxy) is 1. The van der Waals surface area contributed by atoms with E-state index in [1.165, 1.54) is 45.6 Å². The van der Waals surface area contributed by atoms with E-state index in [4.69, 9.17) is 16.3 Å². The van der Waals surface area contributed by atoms with Gasteiger partial charge < -0.3 is 15.0 Å². The molecule has 1 atom stereocenters. The number of amides is 1. The summed E-state index contributed by atoms with van der Waals surface area (Å²) in [6, 6.07) is 1.08. The Bertz CT molecular complexity index is 681. The number of anilines is 1. The van der Waals surface area contributed by atoms with E-state index in [9.17, 15) is 4.79 Å². The van der Waals surface area contributed by atoms with E-state index in [0.29, 0.717) is 31.0 Å². The molecular formula is C20H32ClN5O2. The van der Waals surface area contributed by atoms with Gasteiger partial charge in [-0.05, 0) is 39.2 Å². The van der Waals surface area contributed by atoms with Crippen molar-refractivity contribution in [2.75, 3.05) is 39.1 Å². The van der Waals surface area contributed by atoms with Crippen molar-refractivity contribution in [1.29, 1.82) is 0 Å². The molecule has 156 valence electrons. The van der Waals surface area contributed by atoms with Gasteiger partial charge in [-0.2, -0.15) is 4.98 Å². The molecule has 7 nitrogen and oxygen atoms in total. The predicted octanol–water partition coefficient (Wildman–Crippen LogP) is 3.44. The van der Waals surface area contributed by atoms with Gasteiger partial charge >= 0.3 is 0 Å². The van der Waals surface area contributed by atoms with Gasteiger partial charge in [0.05, 0.1) is 7.11 Å². The highest BCUT2D eigenvalue weighted by atomic mass is 35.5. The molecule has 1 unspecified atom stereocenters. The van der Waals surface area contributed by atoms with Gasteiger partial charge in [-0.3, -0.25) is 9.69 Å². The van der Waals surface area contributed by atoms with E-state index in [1.807, 2.05) is 14.0 Å². The van der Waals surface area contributed by atoms with Crippen molar-refractivity contribution in [3.05, 3.63) is 10.8 Å². The largest absolute Gasteiger partial charge is 0.479 e. The van der Waals surface area contributed by atoms with Crippen molar-refractivity contribution in [2.45, 2.75) is 64.0 Å². The number of hydrogen-bond donors (Lipinski definition) is 1. The van der Waals surface area contributed by atoms with Gasteiger partial charge in [0.2, 0.25) is 5.88 Å². The fraction of sp³-hybridized carbons (Fsp3) is 0.750. The van der Waals surface area contributed by atoms with Gasteiger partial charge in [0.25, 0.3) is 5.91 Å². The number of methoxy groups -OCH3 is 1. The standard InChI is InChI=1S/C20H32ClN5O2/c1-4-22-18-17(21)23-16(19(24-18)28-3)20(27)25(2)13-15-11-8-12-26(15)14-9-6-5-7-10-14/h14-15H,4-13H2,1-3H3,(H,22,24). The van der Waals surface area contributed by atoms with E-state index in [0.717, 1.165) is 13.0 Å². The van der Waals surface area contributed by atoms with Crippen molar-refractivity contribution in [3.8, 4) is 5.88 Å². The lowest BCUT2D eigenvalue weighted by molar-refractivity contribution is 0.0695. The minimum absolute atomic E-state index is 0.166. The topological polar surface area (TPSA) is 70.6 Å². The summed E-state index contributed by atoms with van der Waals surface area (Å²) in [6.07, 6.45) is 8.92. The normalized spacial score (nSPS) is 20.9. The molecule has 1 aliphatic carbocycles. The molecule has 0 bridgehead atoms. The van der Waals surface area contributed by atoms with Crippen molar-refractivity contribution < 1.29 is 9.53 Å². The SMILES string of the molecule is CCNc1nc(OC)c(C(=O)N(C)CC2CCCN2C2CCCCC2)nc1Cl. The molecular weight excluding hydrogens is 378 g/mol. The lowest BCUT2D eigenvalue weighted by atomic mass is 9.93. The minimum atomic E-state index is -0.204. The minimum Gasteiger partial charge on any atom is -0.479 e. The lowest BCUT2D eigenvalue weighted by Gasteiger charge is -2.37. The Morgan fingerprint density at radius 2 is 2.00 bits per heavy atom. The number of aromatic nitrogens is 2. The third-order valence-corrected chi connectivity index (χ3v) is 6.12. The molecule has 1 amide bonds. The summed E-state index contributed by atoms with van der Waals surface area (Å²) in [4.78, 5) is 26.0. The Hall–Kier alpha value is -1.60. The van der Waals surface area contributed by atoms with E-state index in [1.54, 1.807) is 4.90 Å². The zero-order valence-electron chi connectivity index (χ0n) is 17.2. The number of nitrogens with zero attached hydrogens (tertiary/aromatic N) is 4. The van der Waals surface area contributed by atoms with Crippen molar-refractivity contribution in [1.82, 2.24) is 19.8 Å². The van der Waals surface area contributed by atoms with Crippen LogP contribution in [-0.4, -0.2) is 71.6 Å². The van der Waals surface area contributed by atoms with Crippen LogP contribution < -0.4 is 10.1 Å². The van der Waals surface area contributed by atoms with Crippen molar-refractivity contribution in [2.24, 2.45) is 0 Å². The van der Waals surface area contributed by atoms with Gasteiger partial charge in [-0.25, -0.2) is 4.98 Å². The number of likely N-dealkylation sites (tertiary alicyclic amines) is 1. The predicted molar refractivity (Wildman–Crippen MR) is 111 cm³/mol. The molecule has 2 heterocycles. The number of rotatable bonds is 7. The molecule has 0 aromatic carbocycles. The van der Waals surface area contributed by atoms with Gasteiger partial charge in [0, 0.05) is 32.2 Å². The summed E-state index contributed by atoms with van der Waals surface area (Å²) in [7, 11) is 3.32. The van der Waals surface area contributed by atoms with Crippen LogP contribution in [0.25, 0.3) is 0 Å². The third kappa shape index (κ3) is 4.69. The Kier molecular flexibility index (Phi) is 7.35. The number of halogens is 1. The first-order chi connectivity index (χ1) is 13.5. The molecule has 1 aliphatic heterocycles. The second-order valence-electron chi connectivity index (χ2n) is 7.76. The van der Waals surface area contributed by atoms with Gasteiger partial charge in [0.1, 0.15) is 0 Å². The van der Waals surface area contributed by atoms with Crippen LogP contribution in [0.4, 0.5) is 5.82 Å². The fourth-order valence-corrected chi connectivity index (χ4v) is 4.68. The zero-order valence-corrected chi connectivity index (χ0v) is 18.0. The van der Waals surface area contributed by atoms with Gasteiger partial charge in [0.15, 0.2) is 16.7 Å². The number of carbonyl (C=O) groups excluding carboxylic acids is 1. The average Bonchev–Trinajstić information content (AvgIpc) is 3.17. The number of hydrogen-bond acceptors (Lipinski definition) is 6. The fourth-order valence-electron chi connectivity index (χ4n) is 4.49. The summed E-state index contributed by atoms with van der Waals surface area (Å²) in [5, 5.41) is 3.21. The van der Waals surface area contributed by atoms with Crippen molar-refractivity contribution in [3.63, 3.8) is 0 Å². The molecule has 8 heteroatoms. The summed E-state index contributed by atoms with van der Waals surface area (Å²) in [5.41, 5.74) is 0.166. The highest BCUT2D eigenvalue weighted by Crippen LogP contribution is 2.30. The van der Waals surface area contributed by atoms with Crippen LogP contribution in [0.15, 0.2) is 0 Å². The van der Waals surface area contributed by atoms with E-state index >= 15 is 0 Å². The molecule has 1 saturated carbocycles. The number of likely N-dealkylation sites (N-methyl/N-ethyl adjacent to an activating group) is 1.